The standard InChI is InChI=1S/C50H28N4O3/c1-4-14-40-33(10-1)34-23-22-31(27-44(34)56-40)49-52-48(30-20-18-29(19-21-30)32-9-8-26-51-28-32)53-50(54-49)39-25-24-36(46-38-12-3-6-16-42(38)57-47(39)46)35-13-7-17-43-45(35)37-11-2-5-15-41(37)55-43/h1-28H. The number of rotatable bonds is 5. The fourth-order valence-electron chi connectivity index (χ4n) is 8.19. The Hall–Kier alpha value is -7.90. The summed E-state index contributed by atoms with van der Waals surface area (Å²) in [7, 11) is 0. The molecular weight excluding hydrogens is 705 g/mol. The van der Waals surface area contributed by atoms with Gasteiger partial charge in [0.05, 0.1) is 5.56 Å². The minimum atomic E-state index is 0.499. The minimum Gasteiger partial charge on any atom is -0.456 e. The molecule has 0 N–H and O–H groups in total. The fourth-order valence-corrected chi connectivity index (χ4v) is 8.19. The van der Waals surface area contributed by atoms with Crippen molar-refractivity contribution in [2.75, 3.05) is 0 Å². The lowest BCUT2D eigenvalue weighted by Crippen LogP contribution is -2.00. The van der Waals surface area contributed by atoms with Crippen LogP contribution in [0.15, 0.2) is 183 Å². The van der Waals surface area contributed by atoms with E-state index in [0.29, 0.717) is 23.1 Å². The quantitative estimate of drug-likeness (QED) is 0.174. The van der Waals surface area contributed by atoms with Crippen molar-refractivity contribution in [1.29, 1.82) is 0 Å². The van der Waals surface area contributed by atoms with Crippen LogP contribution in [-0.2, 0) is 0 Å². The van der Waals surface area contributed by atoms with Crippen LogP contribution >= 0.6 is 0 Å². The minimum absolute atomic E-state index is 0.499. The van der Waals surface area contributed by atoms with Gasteiger partial charge in [-0.1, -0.05) is 109 Å². The van der Waals surface area contributed by atoms with Crippen molar-refractivity contribution in [2.24, 2.45) is 0 Å². The zero-order valence-electron chi connectivity index (χ0n) is 30.2. The molecule has 0 radical (unpaired) electrons. The summed E-state index contributed by atoms with van der Waals surface area (Å²) in [4.78, 5) is 19.7. The first-order valence-electron chi connectivity index (χ1n) is 18.8. The average molecular weight is 733 g/mol. The van der Waals surface area contributed by atoms with E-state index >= 15 is 0 Å². The van der Waals surface area contributed by atoms with Gasteiger partial charge in [-0.25, -0.2) is 15.0 Å². The lowest BCUT2D eigenvalue weighted by Gasteiger charge is -2.11. The second-order valence-corrected chi connectivity index (χ2v) is 14.2. The summed E-state index contributed by atoms with van der Waals surface area (Å²) in [5, 5.41) is 6.22. The van der Waals surface area contributed by atoms with Gasteiger partial charge in [-0.05, 0) is 70.8 Å². The van der Waals surface area contributed by atoms with Crippen molar-refractivity contribution in [3.63, 3.8) is 0 Å². The van der Waals surface area contributed by atoms with E-state index in [4.69, 9.17) is 28.2 Å². The Bertz CT molecular complexity index is 3530. The van der Waals surface area contributed by atoms with Gasteiger partial charge in [-0.15, -0.1) is 0 Å². The number of hydrogen-bond donors (Lipinski definition) is 0. The highest BCUT2D eigenvalue weighted by atomic mass is 16.3. The van der Waals surface area contributed by atoms with E-state index in [1.165, 1.54) is 0 Å². The van der Waals surface area contributed by atoms with E-state index in [9.17, 15) is 0 Å². The van der Waals surface area contributed by atoms with E-state index < -0.39 is 0 Å². The summed E-state index contributed by atoms with van der Waals surface area (Å²) in [6.07, 6.45) is 3.64. The van der Waals surface area contributed by atoms with Gasteiger partial charge < -0.3 is 13.3 Å². The highest BCUT2D eigenvalue weighted by Gasteiger charge is 2.23. The molecule has 0 bridgehead atoms. The molecule has 7 nitrogen and oxygen atoms in total. The van der Waals surface area contributed by atoms with Crippen LogP contribution in [0.1, 0.15) is 0 Å². The maximum Gasteiger partial charge on any atom is 0.167 e. The number of aromatic nitrogens is 4. The van der Waals surface area contributed by atoms with E-state index in [2.05, 4.69) is 65.6 Å². The fraction of sp³-hybridized carbons (Fsp3) is 0. The second kappa shape index (κ2) is 12.3. The molecule has 0 atom stereocenters. The molecule has 57 heavy (non-hydrogen) atoms. The lowest BCUT2D eigenvalue weighted by molar-refractivity contribution is 0.668. The summed E-state index contributed by atoms with van der Waals surface area (Å²) in [5.74, 6) is 1.57. The molecule has 0 amide bonds. The van der Waals surface area contributed by atoms with E-state index in [1.54, 1.807) is 6.20 Å². The summed E-state index contributed by atoms with van der Waals surface area (Å²) >= 11 is 0. The molecule has 0 aliphatic heterocycles. The predicted molar refractivity (Wildman–Crippen MR) is 227 cm³/mol. The van der Waals surface area contributed by atoms with Gasteiger partial charge in [0.15, 0.2) is 17.5 Å². The molecule has 7 aromatic carbocycles. The van der Waals surface area contributed by atoms with Crippen molar-refractivity contribution in [1.82, 2.24) is 19.9 Å². The van der Waals surface area contributed by atoms with Crippen LogP contribution in [0, 0.1) is 0 Å². The van der Waals surface area contributed by atoms with E-state index in [1.807, 2.05) is 103 Å². The van der Waals surface area contributed by atoms with Gasteiger partial charge in [0.25, 0.3) is 0 Å². The summed E-state index contributed by atoms with van der Waals surface area (Å²) in [6.45, 7) is 0. The third kappa shape index (κ3) is 4.99. The first-order valence-corrected chi connectivity index (χ1v) is 18.8. The molecule has 0 saturated heterocycles. The number of fused-ring (bicyclic) bond motifs is 9. The predicted octanol–water partition coefficient (Wildman–Crippen LogP) is 13.3. The molecule has 0 unspecified atom stereocenters. The Balaban J connectivity index is 1.09. The number of pyridine rings is 1. The highest BCUT2D eigenvalue weighted by Crippen LogP contribution is 2.45. The molecule has 0 saturated carbocycles. The van der Waals surface area contributed by atoms with Crippen molar-refractivity contribution in [2.45, 2.75) is 0 Å². The van der Waals surface area contributed by atoms with Gasteiger partial charge in [0, 0.05) is 55.8 Å². The monoisotopic (exact) mass is 732 g/mol. The third-order valence-corrected chi connectivity index (χ3v) is 10.9. The number of furan rings is 3. The Morgan fingerprint density at radius 2 is 0.912 bits per heavy atom. The molecule has 0 aliphatic carbocycles. The number of nitrogens with zero attached hydrogens (tertiary/aromatic N) is 4. The lowest BCUT2D eigenvalue weighted by atomic mass is 9.94. The molecule has 12 rings (SSSR count). The second-order valence-electron chi connectivity index (χ2n) is 14.2. The van der Waals surface area contributed by atoms with Gasteiger partial charge in [-0.3, -0.25) is 4.98 Å². The smallest absolute Gasteiger partial charge is 0.167 e. The SMILES string of the molecule is c1cncc(-c2ccc(-c3nc(-c4ccc5c(c4)oc4ccccc45)nc(-c4ccc(-c5cccc6oc7ccccc7c56)c5c4oc4ccccc45)n3)cc2)c1. The Morgan fingerprint density at radius 3 is 1.70 bits per heavy atom. The van der Waals surface area contributed by atoms with Crippen LogP contribution in [0.2, 0.25) is 0 Å². The molecule has 0 fully saturated rings. The zero-order valence-corrected chi connectivity index (χ0v) is 30.2. The summed E-state index contributed by atoms with van der Waals surface area (Å²) in [6, 6.07) is 53.2. The van der Waals surface area contributed by atoms with Crippen LogP contribution in [-0.4, -0.2) is 19.9 Å². The number of para-hydroxylation sites is 3. The molecule has 12 aromatic rings. The third-order valence-electron chi connectivity index (χ3n) is 10.9. The summed E-state index contributed by atoms with van der Waals surface area (Å²) in [5.41, 5.74) is 11.4. The van der Waals surface area contributed by atoms with Crippen LogP contribution in [0.5, 0.6) is 0 Å². The largest absolute Gasteiger partial charge is 0.456 e. The zero-order chi connectivity index (χ0) is 37.5. The van der Waals surface area contributed by atoms with Crippen molar-refractivity contribution >= 4 is 65.8 Å². The summed E-state index contributed by atoms with van der Waals surface area (Å²) < 4.78 is 19.4. The average Bonchev–Trinajstić information content (AvgIpc) is 3.98. The molecule has 266 valence electrons. The van der Waals surface area contributed by atoms with Gasteiger partial charge in [-0.2, -0.15) is 0 Å². The van der Waals surface area contributed by atoms with E-state index in [-0.39, 0.29) is 0 Å². The van der Waals surface area contributed by atoms with Gasteiger partial charge >= 0.3 is 0 Å². The molecular formula is C50H28N4O3. The van der Waals surface area contributed by atoms with Crippen LogP contribution in [0.3, 0.4) is 0 Å². The Labute approximate surface area is 324 Å². The first kappa shape index (κ1) is 31.5. The van der Waals surface area contributed by atoms with E-state index in [0.717, 1.165) is 99.2 Å². The van der Waals surface area contributed by atoms with Crippen LogP contribution in [0.25, 0.3) is 122 Å². The number of benzene rings is 7. The van der Waals surface area contributed by atoms with Crippen LogP contribution in [0.4, 0.5) is 0 Å². The van der Waals surface area contributed by atoms with Crippen molar-refractivity contribution in [3.05, 3.63) is 170 Å². The normalized spacial score (nSPS) is 11.9. The van der Waals surface area contributed by atoms with Gasteiger partial charge in [0.1, 0.15) is 33.5 Å². The first-order chi connectivity index (χ1) is 28.2. The maximum absolute atomic E-state index is 6.78. The maximum atomic E-state index is 6.78. The Morgan fingerprint density at radius 1 is 0.333 bits per heavy atom. The van der Waals surface area contributed by atoms with Crippen LogP contribution < -0.4 is 0 Å². The molecule has 0 aliphatic rings. The molecule has 7 heteroatoms. The van der Waals surface area contributed by atoms with Crippen molar-refractivity contribution in [3.8, 4) is 56.4 Å². The molecule has 0 spiro atoms. The topological polar surface area (TPSA) is 91.0 Å². The number of hydrogen-bond acceptors (Lipinski definition) is 7. The Kier molecular flexibility index (Phi) is 6.79. The molecule has 5 heterocycles. The van der Waals surface area contributed by atoms with Crippen molar-refractivity contribution < 1.29 is 13.3 Å². The van der Waals surface area contributed by atoms with Gasteiger partial charge in [0.2, 0.25) is 0 Å². The molecule has 5 aromatic heterocycles. The highest BCUT2D eigenvalue weighted by molar-refractivity contribution is 6.21.